The van der Waals surface area contributed by atoms with Crippen LogP contribution in [0.4, 0.5) is 13.6 Å². The molecule has 0 aliphatic carbocycles. The van der Waals surface area contributed by atoms with Crippen molar-refractivity contribution in [2.75, 3.05) is 13.3 Å². The first-order chi connectivity index (χ1) is 14.7. The average molecular weight is 550 g/mol. The van der Waals surface area contributed by atoms with Crippen molar-refractivity contribution in [2.45, 2.75) is 58.2 Å². The minimum atomic E-state index is -1.66. The number of alkyl halides is 1. The smallest absolute Gasteiger partial charge is 0.415 e. The lowest BCUT2D eigenvalue weighted by atomic mass is 9.91. The molecule has 1 aliphatic heterocycles. The van der Waals surface area contributed by atoms with Crippen LogP contribution in [-0.4, -0.2) is 48.9 Å². The second-order valence-corrected chi connectivity index (χ2v) is 17.5. The fourth-order valence-electron chi connectivity index (χ4n) is 3.15. The van der Waals surface area contributed by atoms with E-state index >= 15 is 0 Å². The summed E-state index contributed by atoms with van der Waals surface area (Å²) in [4.78, 5) is 17.9. The molecule has 1 aliphatic rings. The summed E-state index contributed by atoms with van der Waals surface area (Å²) >= 11 is 4.34. The summed E-state index contributed by atoms with van der Waals surface area (Å²) in [7, 11) is -1.40. The molecule has 2 atom stereocenters. The Labute approximate surface area is 202 Å². The predicted octanol–water partition coefficient (Wildman–Crippen LogP) is 7.08. The number of amidine groups is 1. The van der Waals surface area contributed by atoms with E-state index in [0.29, 0.717) is 11.1 Å². The Balaban J connectivity index is 2.51. The second kappa shape index (κ2) is 10.4. The van der Waals surface area contributed by atoms with Crippen LogP contribution in [0, 0.1) is 11.2 Å². The van der Waals surface area contributed by atoms with Crippen molar-refractivity contribution < 1.29 is 23.4 Å². The molecule has 1 N–H and O–H groups in total. The molecule has 1 unspecified atom stereocenters. The van der Waals surface area contributed by atoms with Gasteiger partial charge < -0.3 is 9.84 Å². The van der Waals surface area contributed by atoms with Crippen molar-refractivity contribution in [2.24, 2.45) is 10.4 Å². The average Bonchev–Trinajstić information content (AvgIpc) is 2.67. The molecule has 1 aromatic rings. The van der Waals surface area contributed by atoms with Crippen molar-refractivity contribution >= 4 is 47.0 Å². The summed E-state index contributed by atoms with van der Waals surface area (Å²) < 4.78 is 35.7. The Morgan fingerprint density at radius 2 is 2.03 bits per heavy atom. The van der Waals surface area contributed by atoms with Gasteiger partial charge in [-0.1, -0.05) is 68.1 Å². The van der Waals surface area contributed by atoms with E-state index in [1.165, 1.54) is 24.3 Å². The lowest BCUT2D eigenvalue weighted by molar-refractivity contribution is -0.0760. The first-order valence-electron chi connectivity index (χ1n) is 10.3. The minimum absolute atomic E-state index is 0.0284. The molecular formula is C22H31BrF2N2O3SSi. The third kappa shape index (κ3) is 6.65. The van der Waals surface area contributed by atoms with Gasteiger partial charge in [-0.25, -0.2) is 23.5 Å². The molecule has 0 aromatic heterocycles. The number of amides is 1. The largest absolute Gasteiger partial charge is 0.465 e. The molecule has 0 saturated heterocycles. The van der Waals surface area contributed by atoms with E-state index in [1.54, 1.807) is 5.41 Å². The first kappa shape index (κ1) is 27.0. The maximum absolute atomic E-state index is 14.7. The van der Waals surface area contributed by atoms with E-state index in [9.17, 15) is 18.7 Å². The van der Waals surface area contributed by atoms with Gasteiger partial charge in [0.25, 0.3) is 0 Å². The monoisotopic (exact) mass is 548 g/mol. The fraction of sp³-hybridized carbons (Fsp3) is 0.545. The summed E-state index contributed by atoms with van der Waals surface area (Å²) in [5.74, 6) is -0.619. The van der Waals surface area contributed by atoms with E-state index in [1.807, 2.05) is 20.8 Å². The van der Waals surface area contributed by atoms with Crippen LogP contribution in [0.25, 0.3) is 0 Å². The van der Waals surface area contributed by atoms with Gasteiger partial charge >= 0.3 is 6.09 Å². The maximum Gasteiger partial charge on any atom is 0.415 e. The minimum Gasteiger partial charge on any atom is -0.465 e. The summed E-state index contributed by atoms with van der Waals surface area (Å²) in [6, 6.07) is 5.08. The zero-order valence-electron chi connectivity index (χ0n) is 19.3. The van der Waals surface area contributed by atoms with Crippen LogP contribution in [0.3, 0.4) is 0 Å². The number of hydrogen-bond acceptors (Lipinski definition) is 4. The van der Waals surface area contributed by atoms with Crippen LogP contribution in [-0.2, 0) is 10.3 Å². The van der Waals surface area contributed by atoms with E-state index in [4.69, 9.17) is 4.74 Å². The molecule has 0 bridgehead atoms. The number of nitrogens with zero attached hydrogens (tertiary/aromatic N) is 2. The third-order valence-electron chi connectivity index (χ3n) is 4.93. The molecule has 32 heavy (non-hydrogen) atoms. The topological polar surface area (TPSA) is 62.1 Å². The van der Waals surface area contributed by atoms with Gasteiger partial charge in [-0.15, -0.1) is 0 Å². The van der Waals surface area contributed by atoms with Gasteiger partial charge in [0.1, 0.15) is 24.3 Å². The molecular weight excluding hydrogens is 518 g/mol. The number of thioether (sulfide) groups is 1. The zero-order valence-corrected chi connectivity index (χ0v) is 22.7. The Morgan fingerprint density at radius 3 is 2.56 bits per heavy atom. The van der Waals surface area contributed by atoms with E-state index in [2.05, 4.69) is 40.6 Å². The van der Waals surface area contributed by atoms with Gasteiger partial charge in [0.15, 0.2) is 5.17 Å². The number of benzene rings is 1. The van der Waals surface area contributed by atoms with Gasteiger partial charge in [-0.2, -0.15) is 0 Å². The van der Waals surface area contributed by atoms with Crippen molar-refractivity contribution in [1.29, 1.82) is 0 Å². The van der Waals surface area contributed by atoms with Crippen LogP contribution in [0.15, 0.2) is 39.1 Å². The van der Waals surface area contributed by atoms with E-state index < -0.39 is 43.8 Å². The SMILES string of the molecule is CC(C)(C)[C@H](OCC[Si](C)(C)C)N(C(=O)O)C1=NC(CF)(c2cc(Br)ccc2F)C=CS1. The summed E-state index contributed by atoms with van der Waals surface area (Å²) in [6.07, 6.45) is -0.648. The highest BCUT2D eigenvalue weighted by atomic mass is 79.9. The van der Waals surface area contributed by atoms with Crippen molar-refractivity contribution in [3.05, 3.63) is 45.5 Å². The molecule has 0 saturated carbocycles. The zero-order chi connectivity index (χ0) is 24.3. The Kier molecular flexibility index (Phi) is 8.74. The standard InChI is InChI=1S/C22H31BrF2N2O3SSi/c1-21(2,3)18(30-10-12-32(4,5)6)27(20(28)29)19-26-22(14-24,9-11-31-19)16-13-15(23)7-8-17(16)25/h7-9,11,13,18H,10,12,14H2,1-6H3,(H,28,29)/t18-,22?/m0/s1. The predicted molar refractivity (Wildman–Crippen MR) is 133 cm³/mol. The number of ether oxygens (including phenoxy) is 1. The van der Waals surface area contributed by atoms with E-state index in [-0.39, 0.29) is 10.7 Å². The lowest BCUT2D eigenvalue weighted by Gasteiger charge is -2.40. The van der Waals surface area contributed by atoms with Crippen molar-refractivity contribution in [3.8, 4) is 0 Å². The Hall–Kier alpha value is -1.23. The Morgan fingerprint density at radius 1 is 1.38 bits per heavy atom. The van der Waals surface area contributed by atoms with Gasteiger partial charge in [0.05, 0.1) is 0 Å². The van der Waals surface area contributed by atoms with Crippen LogP contribution in [0.5, 0.6) is 0 Å². The lowest BCUT2D eigenvalue weighted by Crippen LogP contribution is -2.52. The van der Waals surface area contributed by atoms with Crippen molar-refractivity contribution in [3.63, 3.8) is 0 Å². The number of halogens is 3. The molecule has 1 amide bonds. The second-order valence-electron chi connectivity index (χ2n) is 10.0. The molecule has 10 heteroatoms. The first-order valence-corrected chi connectivity index (χ1v) is 15.7. The normalized spacial score (nSPS) is 20.1. The molecule has 178 valence electrons. The number of carboxylic acid groups (broad SMARTS) is 1. The molecule has 0 radical (unpaired) electrons. The number of hydrogen-bond donors (Lipinski definition) is 1. The van der Waals surface area contributed by atoms with Gasteiger partial charge in [0, 0.05) is 30.1 Å². The quantitative estimate of drug-likeness (QED) is 0.292. The third-order valence-corrected chi connectivity index (χ3v) is 7.89. The molecule has 1 heterocycles. The highest BCUT2D eigenvalue weighted by Gasteiger charge is 2.42. The molecule has 0 spiro atoms. The Bertz CT molecular complexity index is 902. The highest BCUT2D eigenvalue weighted by molar-refractivity contribution is 9.10. The van der Waals surface area contributed by atoms with Crippen molar-refractivity contribution in [1.82, 2.24) is 4.90 Å². The van der Waals surface area contributed by atoms with Crippen LogP contribution in [0.1, 0.15) is 26.3 Å². The van der Waals surface area contributed by atoms with Gasteiger partial charge in [0.2, 0.25) is 0 Å². The van der Waals surface area contributed by atoms with E-state index in [0.717, 1.165) is 22.7 Å². The van der Waals surface area contributed by atoms with Crippen LogP contribution < -0.4 is 0 Å². The fourth-order valence-corrected chi connectivity index (χ4v) is 5.16. The number of rotatable bonds is 7. The van der Waals surface area contributed by atoms with Gasteiger partial charge in [-0.05, 0) is 35.7 Å². The molecule has 2 rings (SSSR count). The van der Waals surface area contributed by atoms with Gasteiger partial charge in [-0.3, -0.25) is 0 Å². The molecule has 5 nitrogen and oxygen atoms in total. The summed E-state index contributed by atoms with van der Waals surface area (Å²) in [5.41, 5.74) is -2.22. The number of carbonyl (C=O) groups is 1. The summed E-state index contributed by atoms with van der Waals surface area (Å²) in [5, 5.41) is 11.7. The molecule has 0 fully saturated rings. The maximum atomic E-state index is 14.7. The number of aliphatic imine (C=N–C) groups is 1. The van der Waals surface area contributed by atoms with Crippen LogP contribution >= 0.6 is 27.7 Å². The summed E-state index contributed by atoms with van der Waals surface area (Å²) in [6.45, 7) is 11.7. The van der Waals surface area contributed by atoms with Crippen LogP contribution in [0.2, 0.25) is 25.7 Å². The molecule has 1 aromatic carbocycles. The highest BCUT2D eigenvalue weighted by Crippen LogP contribution is 2.39.